The molecule has 0 amide bonds. The van der Waals surface area contributed by atoms with E-state index in [1.807, 2.05) is 0 Å². The van der Waals surface area contributed by atoms with E-state index in [-0.39, 0.29) is 6.79 Å². The van der Waals surface area contributed by atoms with Crippen molar-refractivity contribution in [1.82, 2.24) is 0 Å². The number of rotatable bonds is 1. The third-order valence-corrected chi connectivity index (χ3v) is 6.47. The molecule has 0 saturated heterocycles. The Morgan fingerprint density at radius 3 is 2.78 bits per heavy atom. The molecule has 0 bridgehead atoms. The van der Waals surface area contributed by atoms with Gasteiger partial charge in [0.25, 0.3) is 0 Å². The molecule has 23 heavy (non-hydrogen) atoms. The SMILES string of the molecule is O=S1(=O)c2ccccc2[C@@H]2ON=C(c3ccc4c(c3)OCO4)[C@@H]21. The predicted octanol–water partition coefficient (Wildman–Crippen LogP) is 2.05. The number of benzene rings is 2. The van der Waals surface area contributed by atoms with Crippen LogP contribution in [0.2, 0.25) is 0 Å². The Balaban J connectivity index is 1.63. The van der Waals surface area contributed by atoms with Crippen molar-refractivity contribution in [2.45, 2.75) is 16.2 Å². The van der Waals surface area contributed by atoms with E-state index in [0.29, 0.717) is 33.2 Å². The largest absolute Gasteiger partial charge is 0.454 e. The molecule has 3 aliphatic heterocycles. The average molecular weight is 329 g/mol. The van der Waals surface area contributed by atoms with Gasteiger partial charge in [0, 0.05) is 11.1 Å². The molecule has 2 aromatic carbocycles. The van der Waals surface area contributed by atoms with Crippen LogP contribution >= 0.6 is 0 Å². The van der Waals surface area contributed by atoms with Gasteiger partial charge in [-0.05, 0) is 24.3 Å². The number of oxime groups is 1. The van der Waals surface area contributed by atoms with Crippen molar-refractivity contribution in [1.29, 1.82) is 0 Å². The van der Waals surface area contributed by atoms with Crippen molar-refractivity contribution in [2.75, 3.05) is 6.79 Å². The van der Waals surface area contributed by atoms with Crippen molar-refractivity contribution in [3.05, 3.63) is 53.6 Å². The lowest BCUT2D eigenvalue weighted by Gasteiger charge is -2.09. The first-order valence-corrected chi connectivity index (χ1v) is 8.67. The zero-order chi connectivity index (χ0) is 15.6. The first-order chi connectivity index (χ1) is 11.2. The standard InChI is InChI=1S/C16H11NO5S/c18-23(19)13-4-2-1-3-10(13)15-16(23)14(17-22-15)9-5-6-11-12(7-9)21-8-20-11/h1-7,15-16H,8H2/t15-,16-/m0/s1. The third kappa shape index (κ3) is 1.62. The molecule has 0 aromatic heterocycles. The van der Waals surface area contributed by atoms with Gasteiger partial charge in [-0.3, -0.25) is 0 Å². The van der Waals surface area contributed by atoms with E-state index in [1.165, 1.54) is 0 Å². The fourth-order valence-corrected chi connectivity index (χ4v) is 5.33. The molecule has 0 spiro atoms. The maximum atomic E-state index is 12.9. The van der Waals surface area contributed by atoms with Gasteiger partial charge >= 0.3 is 0 Å². The van der Waals surface area contributed by atoms with Gasteiger partial charge in [0.1, 0.15) is 5.71 Å². The highest BCUT2D eigenvalue weighted by Gasteiger charge is 2.53. The maximum Gasteiger partial charge on any atom is 0.231 e. The lowest BCUT2D eigenvalue weighted by Crippen LogP contribution is -2.27. The molecule has 3 aliphatic rings. The summed E-state index contributed by atoms with van der Waals surface area (Å²) in [6, 6.07) is 12.2. The minimum absolute atomic E-state index is 0.164. The van der Waals surface area contributed by atoms with E-state index in [0.717, 1.165) is 0 Å². The van der Waals surface area contributed by atoms with Gasteiger partial charge in [-0.1, -0.05) is 23.4 Å². The molecule has 2 atom stereocenters. The van der Waals surface area contributed by atoms with Crippen molar-refractivity contribution in [2.24, 2.45) is 5.16 Å². The van der Waals surface area contributed by atoms with Crippen LogP contribution in [0.3, 0.4) is 0 Å². The smallest absolute Gasteiger partial charge is 0.231 e. The summed E-state index contributed by atoms with van der Waals surface area (Å²) in [6.45, 7) is 0.164. The van der Waals surface area contributed by atoms with Gasteiger partial charge in [-0.2, -0.15) is 0 Å². The lowest BCUT2D eigenvalue weighted by molar-refractivity contribution is 0.0885. The molecule has 5 rings (SSSR count). The molecular formula is C16H11NO5S. The summed E-state index contributed by atoms with van der Waals surface area (Å²) in [5, 5.41) is 3.23. The normalized spacial score (nSPS) is 25.5. The van der Waals surface area contributed by atoms with Crippen molar-refractivity contribution < 1.29 is 22.7 Å². The summed E-state index contributed by atoms with van der Waals surface area (Å²) in [7, 11) is -3.52. The summed E-state index contributed by atoms with van der Waals surface area (Å²) in [6.07, 6.45) is -0.586. The Hall–Kier alpha value is -2.54. The number of nitrogens with zero attached hydrogens (tertiary/aromatic N) is 1. The van der Waals surface area contributed by atoms with Gasteiger partial charge in [-0.15, -0.1) is 0 Å². The Morgan fingerprint density at radius 1 is 1.04 bits per heavy atom. The summed E-state index contributed by atoms with van der Waals surface area (Å²) >= 11 is 0. The van der Waals surface area contributed by atoms with E-state index in [9.17, 15) is 8.42 Å². The van der Waals surface area contributed by atoms with E-state index in [2.05, 4.69) is 5.16 Å². The van der Waals surface area contributed by atoms with Crippen LogP contribution in [0.4, 0.5) is 0 Å². The molecule has 0 saturated carbocycles. The maximum absolute atomic E-state index is 12.9. The fourth-order valence-electron chi connectivity index (χ4n) is 3.28. The van der Waals surface area contributed by atoms with Crippen LogP contribution in [0.25, 0.3) is 0 Å². The Labute approximate surface area is 132 Å². The molecule has 3 heterocycles. The number of sulfone groups is 1. The van der Waals surface area contributed by atoms with Crippen molar-refractivity contribution in [3.8, 4) is 11.5 Å². The Bertz CT molecular complexity index is 966. The van der Waals surface area contributed by atoms with Crippen LogP contribution in [-0.2, 0) is 14.7 Å². The highest BCUT2D eigenvalue weighted by atomic mass is 32.2. The zero-order valence-corrected chi connectivity index (χ0v) is 12.6. The lowest BCUT2D eigenvalue weighted by atomic mass is 10.00. The summed E-state index contributed by atoms with van der Waals surface area (Å²) in [5.74, 6) is 1.23. The summed E-state index contributed by atoms with van der Waals surface area (Å²) < 4.78 is 36.4. The van der Waals surface area contributed by atoms with E-state index in [4.69, 9.17) is 14.3 Å². The molecule has 0 N–H and O–H groups in total. The summed E-state index contributed by atoms with van der Waals surface area (Å²) in [5.41, 5.74) is 1.74. The Kier molecular flexibility index (Phi) is 2.40. The zero-order valence-electron chi connectivity index (χ0n) is 11.8. The molecule has 0 unspecified atom stereocenters. The third-order valence-electron chi connectivity index (χ3n) is 4.34. The molecule has 0 radical (unpaired) electrons. The van der Waals surface area contributed by atoms with Gasteiger partial charge in [0.05, 0.1) is 4.90 Å². The van der Waals surface area contributed by atoms with Crippen molar-refractivity contribution in [3.63, 3.8) is 0 Å². The molecule has 2 aromatic rings. The average Bonchev–Trinajstić information content (AvgIpc) is 3.24. The molecule has 6 nitrogen and oxygen atoms in total. The van der Waals surface area contributed by atoms with Crippen LogP contribution < -0.4 is 9.47 Å². The monoisotopic (exact) mass is 329 g/mol. The predicted molar refractivity (Wildman–Crippen MR) is 80.3 cm³/mol. The Morgan fingerprint density at radius 2 is 1.87 bits per heavy atom. The highest BCUT2D eigenvalue weighted by Crippen LogP contribution is 2.46. The second-order valence-electron chi connectivity index (χ2n) is 5.57. The number of hydrogen-bond donors (Lipinski definition) is 0. The van der Waals surface area contributed by atoms with E-state index < -0.39 is 21.2 Å². The number of ether oxygens (including phenoxy) is 2. The minimum atomic E-state index is -3.52. The van der Waals surface area contributed by atoms with Gasteiger partial charge in [-0.25, -0.2) is 8.42 Å². The molecule has 116 valence electrons. The molecule has 0 fully saturated rings. The second-order valence-corrected chi connectivity index (χ2v) is 7.61. The quantitative estimate of drug-likeness (QED) is 0.800. The van der Waals surface area contributed by atoms with Crippen LogP contribution in [-0.4, -0.2) is 26.2 Å². The van der Waals surface area contributed by atoms with Crippen LogP contribution in [0, 0.1) is 0 Å². The first kappa shape index (κ1) is 13.0. The van der Waals surface area contributed by atoms with E-state index in [1.54, 1.807) is 42.5 Å². The highest BCUT2D eigenvalue weighted by molar-refractivity contribution is 7.93. The number of fused-ring (bicyclic) bond motifs is 4. The molecule has 0 aliphatic carbocycles. The molecular weight excluding hydrogens is 318 g/mol. The number of hydrogen-bond acceptors (Lipinski definition) is 6. The van der Waals surface area contributed by atoms with Crippen molar-refractivity contribution >= 4 is 15.5 Å². The summed E-state index contributed by atoms with van der Waals surface area (Å²) in [4.78, 5) is 5.78. The molecule has 7 heteroatoms. The van der Waals surface area contributed by atoms with Crippen LogP contribution in [0.1, 0.15) is 17.2 Å². The second kappa shape index (κ2) is 4.26. The van der Waals surface area contributed by atoms with Crippen LogP contribution in [0.5, 0.6) is 11.5 Å². The minimum Gasteiger partial charge on any atom is -0.454 e. The van der Waals surface area contributed by atoms with Gasteiger partial charge in [0.2, 0.25) is 6.79 Å². The van der Waals surface area contributed by atoms with E-state index >= 15 is 0 Å². The van der Waals surface area contributed by atoms with Crippen LogP contribution in [0.15, 0.2) is 52.5 Å². The first-order valence-electron chi connectivity index (χ1n) is 7.13. The topological polar surface area (TPSA) is 74.2 Å². The van der Waals surface area contributed by atoms with Gasteiger partial charge in [0.15, 0.2) is 32.7 Å². The fraction of sp³-hybridized carbons (Fsp3) is 0.188. The van der Waals surface area contributed by atoms with Gasteiger partial charge < -0.3 is 14.3 Å².